The Morgan fingerprint density at radius 1 is 0.771 bits per heavy atom. The number of H-pyrrole nitrogens is 1. The monoisotopic (exact) mass is 991 g/mol. The summed E-state index contributed by atoms with van der Waals surface area (Å²) in [6.45, 7) is 22.8. The molecule has 2 aromatic carbocycles. The number of rotatable bonds is 16. The van der Waals surface area contributed by atoms with Gasteiger partial charge in [-0.15, -0.1) is 0 Å². The van der Waals surface area contributed by atoms with Crippen molar-refractivity contribution in [3.05, 3.63) is 83.9 Å². The van der Waals surface area contributed by atoms with Crippen LogP contribution in [0.15, 0.2) is 61.2 Å². The van der Waals surface area contributed by atoms with Crippen LogP contribution in [0, 0.1) is 17.6 Å². The lowest BCUT2D eigenvalue weighted by Crippen LogP contribution is -2.52. The van der Waals surface area contributed by atoms with Gasteiger partial charge in [0.25, 0.3) is 0 Å². The molecule has 7 heterocycles. The van der Waals surface area contributed by atoms with Crippen LogP contribution in [0.4, 0.5) is 13.6 Å². The second-order valence-electron chi connectivity index (χ2n) is 21.1. The first-order chi connectivity index (χ1) is 33.2. The molecular formula is C49H59F2N11O6Si2. The van der Waals surface area contributed by atoms with Gasteiger partial charge in [-0.1, -0.05) is 39.3 Å². The Balaban J connectivity index is 0.000000200. The number of aldehydes is 2. The van der Waals surface area contributed by atoms with E-state index in [1.165, 1.54) is 24.3 Å². The summed E-state index contributed by atoms with van der Waals surface area (Å²) in [5.74, 6) is -0.569. The zero-order chi connectivity index (χ0) is 50.1. The van der Waals surface area contributed by atoms with E-state index in [-0.39, 0.29) is 30.4 Å². The fraction of sp³-hybridized carbons (Fsp3) is 0.408. The summed E-state index contributed by atoms with van der Waals surface area (Å²) in [6, 6.07) is 11.0. The van der Waals surface area contributed by atoms with E-state index in [4.69, 9.17) is 24.3 Å². The van der Waals surface area contributed by atoms with Crippen molar-refractivity contribution in [2.45, 2.75) is 97.7 Å². The number of amides is 1. The average Bonchev–Trinajstić information content (AvgIpc) is 4.05. The number of nitrogens with zero attached hydrogens (tertiary/aromatic N) is 10. The highest BCUT2D eigenvalue weighted by molar-refractivity contribution is 6.76. The van der Waals surface area contributed by atoms with Crippen molar-refractivity contribution < 1.29 is 37.4 Å². The maximum Gasteiger partial charge on any atom is 0.410 e. The van der Waals surface area contributed by atoms with Crippen LogP contribution in [0.3, 0.4) is 0 Å². The van der Waals surface area contributed by atoms with E-state index < -0.39 is 21.7 Å². The maximum absolute atomic E-state index is 14.3. The molecule has 1 saturated heterocycles. The fourth-order valence-electron chi connectivity index (χ4n) is 7.90. The van der Waals surface area contributed by atoms with Crippen LogP contribution in [0.2, 0.25) is 51.4 Å². The van der Waals surface area contributed by atoms with Crippen LogP contribution < -0.4 is 0 Å². The number of likely N-dealkylation sites (tertiary alicyclic amines) is 1. The molecule has 0 unspecified atom stereocenters. The molecule has 21 heteroatoms. The number of nitrogens with one attached hydrogen (secondary N) is 1. The summed E-state index contributed by atoms with van der Waals surface area (Å²) in [7, 11) is -2.39. The summed E-state index contributed by atoms with van der Waals surface area (Å²) in [5.41, 5.74) is 5.68. The van der Waals surface area contributed by atoms with Gasteiger partial charge in [-0.2, -0.15) is 10.2 Å². The third kappa shape index (κ3) is 11.5. The molecule has 9 rings (SSSR count). The van der Waals surface area contributed by atoms with Gasteiger partial charge in [-0.3, -0.25) is 19.4 Å². The molecule has 1 aliphatic rings. The van der Waals surface area contributed by atoms with Gasteiger partial charge in [-0.25, -0.2) is 33.5 Å². The normalized spacial score (nSPS) is 13.6. The van der Waals surface area contributed by atoms with Gasteiger partial charge < -0.3 is 28.2 Å². The Hall–Kier alpha value is -6.56. The molecule has 0 bridgehead atoms. The lowest BCUT2D eigenvalue weighted by atomic mass is 10.0. The van der Waals surface area contributed by atoms with E-state index in [0.717, 1.165) is 35.4 Å². The molecule has 0 radical (unpaired) electrons. The second-order valence-corrected chi connectivity index (χ2v) is 32.3. The number of hydrogen-bond donors (Lipinski definition) is 1. The molecule has 8 aromatic rings. The second kappa shape index (κ2) is 20.0. The van der Waals surface area contributed by atoms with Crippen LogP contribution in [0.5, 0.6) is 0 Å². The summed E-state index contributed by atoms with van der Waals surface area (Å²) < 4.78 is 50.2. The molecule has 0 aliphatic carbocycles. The molecule has 0 atom stereocenters. The number of halogens is 2. The van der Waals surface area contributed by atoms with Gasteiger partial charge in [0.2, 0.25) is 0 Å². The predicted molar refractivity (Wildman–Crippen MR) is 269 cm³/mol. The Bertz CT molecular complexity index is 3210. The van der Waals surface area contributed by atoms with Crippen molar-refractivity contribution in [3.63, 3.8) is 0 Å². The Kier molecular flexibility index (Phi) is 14.3. The van der Waals surface area contributed by atoms with Crippen LogP contribution >= 0.6 is 0 Å². The van der Waals surface area contributed by atoms with Gasteiger partial charge in [0.15, 0.2) is 23.9 Å². The van der Waals surface area contributed by atoms with Gasteiger partial charge in [0.05, 0.1) is 34.6 Å². The molecule has 1 fully saturated rings. The van der Waals surface area contributed by atoms with Crippen molar-refractivity contribution in [3.8, 4) is 22.8 Å². The van der Waals surface area contributed by atoms with E-state index in [2.05, 4.69) is 64.4 Å². The number of aromatic nitrogens is 10. The van der Waals surface area contributed by atoms with E-state index in [1.54, 1.807) is 55.6 Å². The lowest BCUT2D eigenvalue weighted by molar-refractivity contribution is -0.00365. The molecule has 1 amide bonds. The van der Waals surface area contributed by atoms with Crippen molar-refractivity contribution >= 4 is 78.9 Å². The standard InChI is InChI=1S/C29H37FN6O4Si.C20H22FN5O2Si/c1-29(2,3)40-28(38)34-13-19(14-34)15-36-24-11-21(30)7-8-22(24)26(33-36)23-12-31-27-25(32-23)20(17-37)16-35(27)18-39-9-10-41(4,5)6;1-29(2,3)7-6-28-12-26-10-13(11-27)18-20(26)22-9-17(23-18)19-15-5-4-14(21)8-16(15)24-25-19/h7-8,11-12,16-17,19H,9-10,13-15,18H2,1-6H3;4-5,8-11H,6-7,12H2,1-3H3,(H,24,25). The van der Waals surface area contributed by atoms with Crippen LogP contribution in [0.1, 0.15) is 41.5 Å². The summed E-state index contributed by atoms with van der Waals surface area (Å²) in [5, 5.41) is 13.3. The Morgan fingerprint density at radius 2 is 1.30 bits per heavy atom. The minimum Gasteiger partial charge on any atom is -0.444 e. The number of hydrogen-bond acceptors (Lipinski definition) is 12. The zero-order valence-electron chi connectivity index (χ0n) is 41.0. The van der Waals surface area contributed by atoms with Gasteiger partial charge in [-0.05, 0) is 69.3 Å². The van der Waals surface area contributed by atoms with Crippen molar-refractivity contribution in [2.24, 2.45) is 5.92 Å². The summed E-state index contributed by atoms with van der Waals surface area (Å²) >= 11 is 0. The average molecular weight is 992 g/mol. The first kappa shape index (κ1) is 49.9. The molecule has 1 N–H and O–H groups in total. The Morgan fingerprint density at radius 3 is 1.83 bits per heavy atom. The largest absolute Gasteiger partial charge is 0.444 e. The van der Waals surface area contributed by atoms with E-state index in [1.807, 2.05) is 20.8 Å². The van der Waals surface area contributed by atoms with Crippen LogP contribution in [0.25, 0.3) is 66.9 Å². The lowest BCUT2D eigenvalue weighted by Gasteiger charge is -2.39. The van der Waals surface area contributed by atoms with Gasteiger partial charge in [0, 0.05) is 78.1 Å². The highest BCUT2D eigenvalue weighted by atomic mass is 28.3. The van der Waals surface area contributed by atoms with E-state index in [9.17, 15) is 23.2 Å². The highest BCUT2D eigenvalue weighted by Gasteiger charge is 2.34. The van der Waals surface area contributed by atoms with Crippen LogP contribution in [-0.4, -0.2) is 121 Å². The SMILES string of the molecule is CC(C)(C)OC(=O)N1CC(Cn2nc(-c3cnc4c(n3)c(C=O)cn4COCC[Si](C)(C)C)c3ccc(F)cc32)C1.C[Si](C)(C)CCOCn1cc(C=O)c2nc(-c3n[nH]c4cc(F)ccc34)cnc21. The van der Waals surface area contributed by atoms with Crippen LogP contribution in [-0.2, 0) is 34.2 Å². The number of fused-ring (bicyclic) bond motifs is 4. The van der Waals surface area contributed by atoms with E-state index >= 15 is 0 Å². The third-order valence-electron chi connectivity index (χ3n) is 11.7. The molecule has 70 heavy (non-hydrogen) atoms. The van der Waals surface area contributed by atoms with Gasteiger partial charge >= 0.3 is 6.09 Å². The topological polar surface area (TPSA) is 190 Å². The summed E-state index contributed by atoms with van der Waals surface area (Å²) in [6.07, 6.45) is 7.82. The molecule has 6 aromatic heterocycles. The number of carbonyl (C=O) groups is 3. The predicted octanol–water partition coefficient (Wildman–Crippen LogP) is 9.82. The molecular weight excluding hydrogens is 933 g/mol. The first-order valence-electron chi connectivity index (χ1n) is 23.2. The third-order valence-corrected chi connectivity index (χ3v) is 15.1. The number of aromatic amines is 1. The highest BCUT2D eigenvalue weighted by Crippen LogP contribution is 2.32. The number of carbonyl (C=O) groups excluding carboxylic acids is 3. The number of benzene rings is 2. The first-order valence-corrected chi connectivity index (χ1v) is 30.6. The zero-order valence-corrected chi connectivity index (χ0v) is 43.0. The quantitative estimate of drug-likeness (QED) is 0.0549. The molecule has 0 spiro atoms. The van der Waals surface area contributed by atoms with Crippen molar-refractivity contribution in [1.82, 2.24) is 53.9 Å². The summed E-state index contributed by atoms with van der Waals surface area (Å²) in [4.78, 5) is 56.0. The van der Waals surface area contributed by atoms with Crippen molar-refractivity contribution in [2.75, 3.05) is 26.3 Å². The van der Waals surface area contributed by atoms with E-state index in [0.29, 0.717) is 107 Å². The van der Waals surface area contributed by atoms with Gasteiger partial charge in [0.1, 0.15) is 64.5 Å². The minimum absolute atomic E-state index is 0.145. The maximum atomic E-state index is 14.3. The minimum atomic E-state index is -1.22. The van der Waals surface area contributed by atoms with Crippen molar-refractivity contribution in [1.29, 1.82) is 0 Å². The smallest absolute Gasteiger partial charge is 0.410 e. The molecule has 0 saturated carbocycles. The molecule has 17 nitrogen and oxygen atoms in total. The fourth-order valence-corrected chi connectivity index (χ4v) is 9.41. The molecule has 368 valence electrons. The molecule has 1 aliphatic heterocycles. The number of ether oxygens (including phenoxy) is 3. The Labute approximate surface area is 405 Å².